The predicted octanol–water partition coefficient (Wildman–Crippen LogP) is 15.7. The summed E-state index contributed by atoms with van der Waals surface area (Å²) in [6.45, 7) is 0. The smallest absolute Gasteiger partial charge is 0.0620 e. The summed E-state index contributed by atoms with van der Waals surface area (Å²) >= 11 is 0. The fourth-order valence-corrected chi connectivity index (χ4v) is 10.4. The second-order valence-corrected chi connectivity index (χ2v) is 17.1. The van der Waals surface area contributed by atoms with Crippen LogP contribution in [0.15, 0.2) is 249 Å². The molecule has 0 saturated carbocycles. The monoisotopic (exact) mass is 842 g/mol. The zero-order valence-electron chi connectivity index (χ0n) is 36.6. The molecule has 0 aliphatic heterocycles. The molecule has 0 radical (unpaired) electrons. The van der Waals surface area contributed by atoms with Crippen molar-refractivity contribution in [1.29, 1.82) is 0 Å². The highest BCUT2D eigenvalue weighted by molar-refractivity contribution is 6.15. The molecule has 2 heteroatoms. The number of anilines is 3. The van der Waals surface area contributed by atoms with Crippen molar-refractivity contribution < 1.29 is 0 Å². The molecule has 0 spiro atoms. The van der Waals surface area contributed by atoms with Crippen LogP contribution in [0.25, 0.3) is 83.6 Å². The lowest BCUT2D eigenvalue weighted by Gasteiger charge is -2.32. The highest BCUT2D eigenvalue weighted by Crippen LogP contribution is 2.49. The van der Waals surface area contributed by atoms with Gasteiger partial charge in [0.1, 0.15) is 0 Å². The van der Waals surface area contributed by atoms with Crippen LogP contribution in [0.5, 0.6) is 0 Å². The third kappa shape index (κ3) is 6.83. The Balaban J connectivity index is 1.15. The molecule has 0 atom stereocenters. The van der Waals surface area contributed by atoms with Crippen LogP contribution in [0.1, 0.15) is 18.4 Å². The minimum Gasteiger partial charge on any atom is -0.309 e. The van der Waals surface area contributed by atoms with E-state index < -0.39 is 0 Å². The van der Waals surface area contributed by atoms with Gasteiger partial charge in [-0.05, 0) is 93.1 Å². The number of hydrogen-bond donors (Lipinski definition) is 0. The van der Waals surface area contributed by atoms with Crippen molar-refractivity contribution in [3.05, 3.63) is 265 Å². The Morgan fingerprint density at radius 3 is 1.56 bits per heavy atom. The number of hydrogen-bond acceptors (Lipinski definition) is 1. The van der Waals surface area contributed by atoms with Gasteiger partial charge in [0.2, 0.25) is 0 Å². The molecule has 12 rings (SSSR count). The van der Waals surface area contributed by atoms with Crippen molar-refractivity contribution in [3.8, 4) is 50.2 Å². The Morgan fingerprint density at radius 2 is 0.818 bits per heavy atom. The van der Waals surface area contributed by atoms with Gasteiger partial charge in [-0.2, -0.15) is 0 Å². The van der Waals surface area contributed by atoms with Crippen molar-refractivity contribution in [3.63, 3.8) is 0 Å². The first-order valence-electron chi connectivity index (χ1n) is 23.0. The van der Waals surface area contributed by atoms with Gasteiger partial charge in [-0.15, -0.1) is 0 Å². The molecule has 2 nitrogen and oxygen atoms in total. The second kappa shape index (κ2) is 16.9. The summed E-state index contributed by atoms with van der Waals surface area (Å²) in [7, 11) is 0. The topological polar surface area (TPSA) is 8.17 Å². The Kier molecular flexibility index (Phi) is 10.0. The highest BCUT2D eigenvalue weighted by atomic mass is 15.2. The van der Waals surface area contributed by atoms with E-state index >= 15 is 0 Å². The molecule has 1 aliphatic carbocycles. The molecule has 10 aromatic carbocycles. The van der Waals surface area contributed by atoms with E-state index in [9.17, 15) is 0 Å². The van der Waals surface area contributed by atoms with Gasteiger partial charge >= 0.3 is 0 Å². The molecule has 0 bridgehead atoms. The van der Waals surface area contributed by atoms with Gasteiger partial charge < -0.3 is 9.47 Å². The van der Waals surface area contributed by atoms with Crippen molar-refractivity contribution >= 4 is 50.5 Å². The van der Waals surface area contributed by atoms with Gasteiger partial charge in [0.05, 0.1) is 28.1 Å². The zero-order chi connectivity index (χ0) is 43.8. The largest absolute Gasteiger partial charge is 0.309 e. The van der Waals surface area contributed by atoms with Crippen LogP contribution in [0.4, 0.5) is 17.1 Å². The van der Waals surface area contributed by atoms with Gasteiger partial charge in [0, 0.05) is 38.7 Å². The molecule has 0 amide bonds. The minimum absolute atomic E-state index is 0.933. The second-order valence-electron chi connectivity index (χ2n) is 17.1. The van der Waals surface area contributed by atoms with Gasteiger partial charge in [0.25, 0.3) is 0 Å². The molecule has 1 aromatic heterocycles. The summed E-state index contributed by atoms with van der Waals surface area (Å²) in [5, 5.41) is 5.07. The van der Waals surface area contributed by atoms with E-state index in [0.717, 1.165) is 52.3 Å². The average molecular weight is 843 g/mol. The Hall–Kier alpha value is -8.46. The summed E-state index contributed by atoms with van der Waals surface area (Å²) in [4.78, 5) is 2.55. The summed E-state index contributed by atoms with van der Waals surface area (Å²) in [5.41, 5.74) is 19.0. The fourth-order valence-electron chi connectivity index (χ4n) is 10.4. The Bertz CT molecular complexity index is 3680. The highest BCUT2D eigenvalue weighted by Gasteiger charge is 2.26. The Labute approximate surface area is 386 Å². The first kappa shape index (κ1) is 39.2. The maximum atomic E-state index is 2.55. The number of rotatable bonds is 9. The summed E-state index contributed by atoms with van der Waals surface area (Å²) < 4.78 is 2.45. The Morgan fingerprint density at radius 1 is 0.333 bits per heavy atom. The molecule has 66 heavy (non-hydrogen) atoms. The van der Waals surface area contributed by atoms with Crippen LogP contribution in [0.2, 0.25) is 0 Å². The van der Waals surface area contributed by atoms with Gasteiger partial charge in [-0.1, -0.05) is 218 Å². The first-order valence-corrected chi connectivity index (χ1v) is 23.0. The van der Waals surface area contributed by atoms with E-state index in [1.165, 1.54) is 71.2 Å². The lowest BCUT2D eigenvalue weighted by Crippen LogP contribution is -2.32. The maximum Gasteiger partial charge on any atom is 0.0620 e. The van der Waals surface area contributed by atoms with Crippen LogP contribution < -0.4 is 15.3 Å². The van der Waals surface area contributed by atoms with Gasteiger partial charge in [0.15, 0.2) is 0 Å². The van der Waals surface area contributed by atoms with E-state index in [2.05, 4.69) is 264 Å². The van der Waals surface area contributed by atoms with Crippen LogP contribution in [0.3, 0.4) is 0 Å². The van der Waals surface area contributed by atoms with Crippen LogP contribution in [-0.4, -0.2) is 4.57 Å². The normalized spacial score (nSPS) is 12.2. The lowest BCUT2D eigenvalue weighted by atomic mass is 9.88. The van der Waals surface area contributed by atoms with Crippen molar-refractivity contribution in [2.24, 2.45) is 0 Å². The molecule has 0 unspecified atom stereocenters. The van der Waals surface area contributed by atoms with Gasteiger partial charge in [-0.3, -0.25) is 0 Å². The number of para-hydroxylation sites is 6. The lowest BCUT2D eigenvalue weighted by molar-refractivity contribution is 1.07. The van der Waals surface area contributed by atoms with Crippen LogP contribution in [0, 0.1) is 0 Å². The predicted molar refractivity (Wildman–Crippen MR) is 279 cm³/mol. The van der Waals surface area contributed by atoms with E-state index in [1.54, 1.807) is 0 Å². The first-order chi connectivity index (χ1) is 32.8. The molecule has 0 N–H and O–H groups in total. The summed E-state index contributed by atoms with van der Waals surface area (Å²) in [5.74, 6) is 0. The van der Waals surface area contributed by atoms with Gasteiger partial charge in [-0.25, -0.2) is 0 Å². The zero-order valence-corrected chi connectivity index (χ0v) is 36.6. The van der Waals surface area contributed by atoms with E-state index in [4.69, 9.17) is 0 Å². The molecule has 11 aromatic rings. The third-order valence-electron chi connectivity index (χ3n) is 13.3. The van der Waals surface area contributed by atoms with Crippen molar-refractivity contribution in [1.82, 2.24) is 4.57 Å². The molecule has 1 aliphatic rings. The van der Waals surface area contributed by atoms with Crippen molar-refractivity contribution in [2.75, 3.05) is 4.90 Å². The van der Waals surface area contributed by atoms with E-state index in [0.29, 0.717) is 0 Å². The average Bonchev–Trinajstić information content (AvgIpc) is 3.74. The van der Waals surface area contributed by atoms with Crippen molar-refractivity contribution in [2.45, 2.75) is 12.8 Å². The summed E-state index contributed by atoms with van der Waals surface area (Å²) in [6, 6.07) is 90.9. The molecule has 1 heterocycles. The molecular formula is C64H46N2. The quantitative estimate of drug-likeness (QED) is 0.141. The standard InChI is InChI=1S/C64H46N2/c1-4-21-45(22-5-1)46-41-43-48(44-42-46)51-29-10-14-37-59(51)66(61-39-16-11-30-53(61)56-34-19-26-49-25-18-33-52(63(49)56)47-23-6-2-7-24-47)62-40-17-13-32-55(62)58-36-20-35-57-54-31-12-15-38-60(54)65(64(57)58)50-27-8-3-9-28-50/h1-18,20-33,35-44H,19,34H2. The third-order valence-corrected chi connectivity index (χ3v) is 13.3. The number of benzene rings is 10. The van der Waals surface area contributed by atoms with Crippen LogP contribution in [-0.2, 0) is 0 Å². The van der Waals surface area contributed by atoms with Crippen LogP contribution >= 0.6 is 0 Å². The number of nitrogens with zero attached hydrogens (tertiary/aromatic N) is 2. The summed E-state index contributed by atoms with van der Waals surface area (Å²) in [6.07, 6.45) is 4.33. The molecule has 0 saturated heterocycles. The molecule has 312 valence electrons. The molecule has 0 fully saturated rings. The van der Waals surface area contributed by atoms with E-state index in [1.807, 2.05) is 0 Å². The number of aromatic nitrogens is 1. The minimum atomic E-state index is 0.933. The van der Waals surface area contributed by atoms with E-state index in [-0.39, 0.29) is 0 Å². The fraction of sp³-hybridized carbons (Fsp3) is 0.0312. The SMILES string of the molecule is C1=c2cccc(-c3ccccc3)c2=C(c2ccccc2N(c2ccccc2-c2ccc(-c3ccccc3)cc2)c2ccccc2-c2cccc3c4ccccc4n(-c4ccccc4)c23)CC1. The number of fused-ring (bicyclic) bond motifs is 4. The maximum absolute atomic E-state index is 2.55. The molecular weight excluding hydrogens is 797 g/mol.